The van der Waals surface area contributed by atoms with Crippen molar-refractivity contribution in [2.24, 2.45) is 0 Å². The maximum atomic E-state index is 14.3. The zero-order valence-corrected chi connectivity index (χ0v) is 12.2. The Morgan fingerprint density at radius 1 is 1.59 bits per heavy atom. The van der Waals surface area contributed by atoms with Crippen molar-refractivity contribution in [2.75, 3.05) is 6.61 Å². The highest BCUT2D eigenvalue weighted by atomic mass is 31.2. The average molecular weight is 340 g/mol. The second-order valence-electron chi connectivity index (χ2n) is 4.91. The van der Waals surface area contributed by atoms with Crippen LogP contribution in [0.2, 0.25) is 0 Å². The second kappa shape index (κ2) is 5.69. The number of ether oxygens (including phenoxy) is 1. The van der Waals surface area contributed by atoms with E-state index >= 15 is 0 Å². The molecule has 0 unspecified atom stereocenters. The van der Waals surface area contributed by atoms with Gasteiger partial charge in [-0.3, -0.25) is 18.9 Å². The molecule has 0 bridgehead atoms. The van der Waals surface area contributed by atoms with Gasteiger partial charge in [0.25, 0.3) is 5.56 Å². The number of nitrogens with zero attached hydrogens (tertiary/aromatic N) is 1. The first kappa shape index (κ1) is 17.0. The molecule has 1 fully saturated rings. The van der Waals surface area contributed by atoms with E-state index in [0.29, 0.717) is 0 Å². The maximum Gasteiger partial charge on any atom is 0.469 e. The minimum atomic E-state index is -4.91. The number of alkyl halides is 1. The van der Waals surface area contributed by atoms with Crippen molar-refractivity contribution < 1.29 is 33.1 Å². The number of hydrogen-bond donors (Lipinski definition) is 4. The summed E-state index contributed by atoms with van der Waals surface area (Å²) in [6, 6.07) is 0. The number of aliphatic hydroxyl groups is 1. The summed E-state index contributed by atoms with van der Waals surface area (Å²) in [5.74, 6) is -2.69. The molecule has 10 nitrogen and oxygen atoms in total. The van der Waals surface area contributed by atoms with Crippen LogP contribution in [0.4, 0.5) is 4.39 Å². The zero-order valence-electron chi connectivity index (χ0n) is 11.3. The molecule has 1 aromatic heterocycles. The van der Waals surface area contributed by atoms with Crippen molar-refractivity contribution in [3.8, 4) is 0 Å². The number of H-pyrrole nitrogens is 1. The lowest BCUT2D eigenvalue weighted by Gasteiger charge is -2.21. The predicted molar refractivity (Wildman–Crippen MR) is 68.6 cm³/mol. The van der Waals surface area contributed by atoms with Crippen LogP contribution in [0.5, 0.6) is 0 Å². The van der Waals surface area contributed by atoms with Crippen LogP contribution >= 0.6 is 7.82 Å². The quantitative estimate of drug-likeness (QED) is 0.504. The number of rotatable bonds is 4. The van der Waals surface area contributed by atoms with Gasteiger partial charge in [-0.1, -0.05) is 0 Å². The van der Waals surface area contributed by atoms with Crippen LogP contribution < -0.4 is 11.2 Å². The first-order chi connectivity index (χ1) is 10.0. The Kier molecular flexibility index (Phi) is 4.39. The number of aliphatic hydroxyl groups excluding tert-OH is 1. The van der Waals surface area contributed by atoms with E-state index < -0.39 is 50.3 Å². The average Bonchev–Trinajstić information content (AvgIpc) is 2.67. The number of phosphoric ester groups is 1. The Morgan fingerprint density at radius 2 is 2.23 bits per heavy atom. The minimum Gasteiger partial charge on any atom is -0.388 e. The molecule has 4 N–H and O–H groups in total. The summed E-state index contributed by atoms with van der Waals surface area (Å²) in [4.78, 5) is 42.1. The van der Waals surface area contributed by atoms with Crippen molar-refractivity contribution in [1.29, 1.82) is 0 Å². The lowest BCUT2D eigenvalue weighted by Crippen LogP contribution is -2.36. The molecule has 1 aliphatic heterocycles. The summed E-state index contributed by atoms with van der Waals surface area (Å²) in [7, 11) is -4.91. The number of aromatic nitrogens is 2. The Balaban J connectivity index is 2.24. The van der Waals surface area contributed by atoms with Crippen molar-refractivity contribution >= 4 is 7.82 Å². The fourth-order valence-electron chi connectivity index (χ4n) is 2.05. The fraction of sp³-hybridized carbons (Fsp3) is 0.600. The summed E-state index contributed by atoms with van der Waals surface area (Å²) in [5.41, 5.74) is -1.41. The molecule has 22 heavy (non-hydrogen) atoms. The van der Waals surface area contributed by atoms with E-state index in [1.807, 2.05) is 4.98 Å². The smallest absolute Gasteiger partial charge is 0.388 e. The van der Waals surface area contributed by atoms with Gasteiger partial charge in [0, 0.05) is 18.2 Å². The molecule has 3 atom stereocenters. The minimum absolute atomic E-state index is 0.137. The van der Waals surface area contributed by atoms with E-state index in [-0.39, 0.29) is 5.56 Å². The first-order valence-electron chi connectivity index (χ1n) is 6.08. The Morgan fingerprint density at radius 3 is 2.82 bits per heavy atom. The van der Waals surface area contributed by atoms with E-state index in [2.05, 4.69) is 4.52 Å². The molecule has 0 amide bonds. The lowest BCUT2D eigenvalue weighted by molar-refractivity contribution is -0.178. The van der Waals surface area contributed by atoms with Crippen LogP contribution in [0.3, 0.4) is 0 Å². The van der Waals surface area contributed by atoms with Crippen LogP contribution in [0, 0.1) is 6.92 Å². The summed E-state index contributed by atoms with van der Waals surface area (Å²) in [6.45, 7) is 0.275. The molecule has 124 valence electrons. The number of halogens is 1. The third-order valence-corrected chi connectivity index (χ3v) is 3.51. The zero-order chi connectivity index (χ0) is 16.7. The molecule has 1 saturated heterocycles. The molecule has 2 heterocycles. The van der Waals surface area contributed by atoms with E-state index in [1.54, 1.807) is 0 Å². The number of hydrogen-bond acceptors (Lipinski definition) is 6. The van der Waals surface area contributed by atoms with E-state index in [0.717, 1.165) is 10.8 Å². The largest absolute Gasteiger partial charge is 0.469 e. The second-order valence-corrected chi connectivity index (χ2v) is 6.14. The molecular weight excluding hydrogens is 326 g/mol. The van der Waals surface area contributed by atoms with Crippen molar-refractivity contribution in [1.82, 2.24) is 9.55 Å². The van der Waals surface area contributed by atoms with Crippen molar-refractivity contribution in [3.63, 3.8) is 0 Å². The Bertz CT molecular complexity index is 726. The van der Waals surface area contributed by atoms with Crippen LogP contribution in [-0.4, -0.2) is 43.0 Å². The fourth-order valence-corrected chi connectivity index (χ4v) is 2.41. The highest BCUT2D eigenvalue weighted by Crippen LogP contribution is 2.42. The molecular formula is C10H14FN2O8P. The third-order valence-electron chi connectivity index (χ3n) is 3.04. The van der Waals surface area contributed by atoms with Gasteiger partial charge < -0.3 is 19.6 Å². The normalized spacial score (nSPS) is 29.0. The molecule has 0 saturated carbocycles. The van der Waals surface area contributed by atoms with Crippen LogP contribution in [0.1, 0.15) is 18.2 Å². The summed E-state index contributed by atoms with van der Waals surface area (Å²) >= 11 is 0. The summed E-state index contributed by atoms with van der Waals surface area (Å²) < 4.78 is 34.6. The molecule has 12 heteroatoms. The van der Waals surface area contributed by atoms with E-state index in [4.69, 9.17) is 14.5 Å². The van der Waals surface area contributed by atoms with Gasteiger partial charge in [-0.05, 0) is 6.92 Å². The summed E-state index contributed by atoms with van der Waals surface area (Å²) in [6.07, 6.45) is -2.52. The SMILES string of the molecule is Cc1cn([C@@H]2O[C@](F)(COP(=O)(O)O)C[C@H]2O)c(=O)[nH]c1=O. The molecule has 0 radical (unpaired) electrons. The van der Waals surface area contributed by atoms with Crippen LogP contribution in [-0.2, 0) is 13.8 Å². The molecule has 1 aliphatic rings. The van der Waals surface area contributed by atoms with Gasteiger partial charge in [-0.15, -0.1) is 0 Å². The number of aromatic amines is 1. The van der Waals surface area contributed by atoms with Gasteiger partial charge in [0.2, 0.25) is 5.85 Å². The van der Waals surface area contributed by atoms with Gasteiger partial charge in [0.15, 0.2) is 6.23 Å². The summed E-state index contributed by atoms with van der Waals surface area (Å²) in [5, 5.41) is 9.83. The van der Waals surface area contributed by atoms with Gasteiger partial charge in [-0.25, -0.2) is 13.8 Å². The first-order valence-corrected chi connectivity index (χ1v) is 7.61. The van der Waals surface area contributed by atoms with Gasteiger partial charge >= 0.3 is 13.5 Å². The molecule has 2 rings (SSSR count). The highest BCUT2D eigenvalue weighted by Gasteiger charge is 2.49. The van der Waals surface area contributed by atoms with E-state index in [1.165, 1.54) is 6.92 Å². The highest BCUT2D eigenvalue weighted by molar-refractivity contribution is 7.46. The Labute approximate surface area is 122 Å². The van der Waals surface area contributed by atoms with Gasteiger partial charge in [0.1, 0.15) is 12.7 Å². The molecule has 1 aromatic rings. The monoisotopic (exact) mass is 340 g/mol. The number of aryl methyl sites for hydroxylation is 1. The van der Waals surface area contributed by atoms with Gasteiger partial charge in [-0.2, -0.15) is 0 Å². The topological polar surface area (TPSA) is 151 Å². The van der Waals surface area contributed by atoms with Gasteiger partial charge in [0.05, 0.1) is 0 Å². The Hall–Kier alpha value is -1.36. The predicted octanol–water partition coefficient (Wildman–Crippen LogP) is -1.10. The van der Waals surface area contributed by atoms with Crippen LogP contribution in [0.25, 0.3) is 0 Å². The van der Waals surface area contributed by atoms with Crippen molar-refractivity contribution in [2.45, 2.75) is 31.5 Å². The van der Waals surface area contributed by atoms with Crippen molar-refractivity contribution in [3.05, 3.63) is 32.6 Å². The molecule has 0 aliphatic carbocycles. The number of phosphoric acid groups is 1. The standard InChI is InChI=1S/C10H14FN2O8P/c1-5-3-13(9(16)12-7(5)15)8-6(14)2-10(11,21-8)4-20-22(17,18)19/h3,6,8,14H,2,4H2,1H3,(H,12,15,16)(H2,17,18,19)/t6-,8-,10+/m1/s1. The molecule has 0 spiro atoms. The van der Waals surface area contributed by atoms with E-state index in [9.17, 15) is 23.7 Å². The molecule has 0 aromatic carbocycles. The lowest BCUT2D eigenvalue weighted by atomic mass is 10.2. The number of nitrogens with one attached hydrogen (secondary N) is 1. The maximum absolute atomic E-state index is 14.3. The van der Waals surface area contributed by atoms with Crippen LogP contribution in [0.15, 0.2) is 15.8 Å². The third kappa shape index (κ3) is 3.69.